The molecule has 0 spiro atoms. The van der Waals surface area contributed by atoms with E-state index in [0.29, 0.717) is 6.54 Å². The Morgan fingerprint density at radius 1 is 1.58 bits per heavy atom. The molecule has 7 heteroatoms. The van der Waals surface area contributed by atoms with E-state index in [1.807, 2.05) is 0 Å². The molecule has 19 heavy (non-hydrogen) atoms. The standard InChI is InChI=1S/C12H10BrFN2O3/c1-2-7-3-11(17)15(6-7)12-9(13)4-8(16(18)19)5-10(12)14/h2,4-5,7H,1,3,6H2. The van der Waals surface area contributed by atoms with Crippen molar-refractivity contribution >= 4 is 33.2 Å². The fourth-order valence-electron chi connectivity index (χ4n) is 2.02. The SMILES string of the molecule is C=CC1CC(=O)N(c2c(F)cc([N+](=O)[O-])cc2Br)C1. The lowest BCUT2D eigenvalue weighted by Gasteiger charge is -2.18. The van der Waals surface area contributed by atoms with Gasteiger partial charge in [-0.3, -0.25) is 14.9 Å². The minimum absolute atomic E-state index is 0.0333. The summed E-state index contributed by atoms with van der Waals surface area (Å²) >= 11 is 3.08. The summed E-state index contributed by atoms with van der Waals surface area (Å²) in [7, 11) is 0. The zero-order chi connectivity index (χ0) is 14.2. The number of carbonyl (C=O) groups is 1. The second-order valence-corrected chi connectivity index (χ2v) is 5.07. The van der Waals surface area contributed by atoms with E-state index in [2.05, 4.69) is 22.5 Å². The zero-order valence-corrected chi connectivity index (χ0v) is 11.4. The molecule has 100 valence electrons. The third-order valence-corrected chi connectivity index (χ3v) is 3.58. The molecule has 1 aliphatic rings. The van der Waals surface area contributed by atoms with Crippen molar-refractivity contribution in [3.05, 3.63) is 45.2 Å². The number of halogens is 2. The molecule has 0 N–H and O–H groups in total. The Bertz CT molecular complexity index is 553. The molecule has 5 nitrogen and oxygen atoms in total. The second-order valence-electron chi connectivity index (χ2n) is 4.22. The number of hydrogen-bond acceptors (Lipinski definition) is 3. The van der Waals surface area contributed by atoms with Crippen molar-refractivity contribution in [3.8, 4) is 0 Å². The van der Waals surface area contributed by atoms with Gasteiger partial charge in [0.05, 0.1) is 21.1 Å². The molecule has 1 aliphatic heterocycles. The number of non-ortho nitro benzene ring substituents is 1. The fourth-order valence-corrected chi connectivity index (χ4v) is 2.66. The van der Waals surface area contributed by atoms with Crippen LogP contribution < -0.4 is 4.90 Å². The number of anilines is 1. The predicted octanol–water partition coefficient (Wildman–Crippen LogP) is 3.04. The number of hydrogen-bond donors (Lipinski definition) is 0. The van der Waals surface area contributed by atoms with Gasteiger partial charge in [-0.15, -0.1) is 6.58 Å². The molecule has 2 rings (SSSR count). The first-order chi connectivity index (χ1) is 8.93. The van der Waals surface area contributed by atoms with E-state index < -0.39 is 10.7 Å². The van der Waals surface area contributed by atoms with E-state index in [4.69, 9.17) is 0 Å². The molecule has 1 fully saturated rings. The summed E-state index contributed by atoms with van der Waals surface area (Å²) in [5.74, 6) is -1.05. The minimum Gasteiger partial charge on any atom is -0.308 e. The average molecular weight is 329 g/mol. The minimum atomic E-state index is -0.792. The highest BCUT2D eigenvalue weighted by Gasteiger charge is 2.32. The maximum atomic E-state index is 14.0. The third kappa shape index (κ3) is 2.51. The van der Waals surface area contributed by atoms with E-state index in [9.17, 15) is 19.3 Å². The Hall–Kier alpha value is -1.76. The van der Waals surface area contributed by atoms with Crippen molar-refractivity contribution in [1.82, 2.24) is 0 Å². The average Bonchev–Trinajstić information content (AvgIpc) is 2.70. The van der Waals surface area contributed by atoms with Gasteiger partial charge in [0, 0.05) is 24.9 Å². The monoisotopic (exact) mass is 328 g/mol. The number of carbonyl (C=O) groups excluding carboxylic acids is 1. The summed E-state index contributed by atoms with van der Waals surface area (Å²) in [6.07, 6.45) is 1.92. The Morgan fingerprint density at radius 3 is 2.74 bits per heavy atom. The molecular weight excluding hydrogens is 319 g/mol. The number of benzene rings is 1. The molecule has 1 saturated heterocycles. The van der Waals surface area contributed by atoms with Gasteiger partial charge in [-0.1, -0.05) is 6.08 Å². The highest BCUT2D eigenvalue weighted by atomic mass is 79.9. The highest BCUT2D eigenvalue weighted by Crippen LogP contribution is 2.36. The van der Waals surface area contributed by atoms with Crippen LogP contribution in [0.4, 0.5) is 15.8 Å². The normalized spacial score (nSPS) is 18.7. The quantitative estimate of drug-likeness (QED) is 0.486. The topological polar surface area (TPSA) is 63.5 Å². The maximum Gasteiger partial charge on any atom is 0.273 e. The van der Waals surface area contributed by atoms with Gasteiger partial charge in [-0.05, 0) is 15.9 Å². The molecule has 0 aliphatic carbocycles. The molecule has 0 saturated carbocycles. The zero-order valence-electron chi connectivity index (χ0n) is 9.81. The van der Waals surface area contributed by atoms with E-state index >= 15 is 0 Å². The number of amides is 1. The summed E-state index contributed by atoms with van der Waals surface area (Å²) in [5, 5.41) is 10.6. The molecule has 1 unspecified atom stereocenters. The largest absolute Gasteiger partial charge is 0.308 e. The van der Waals surface area contributed by atoms with Crippen LogP contribution in [-0.4, -0.2) is 17.4 Å². The second kappa shape index (κ2) is 5.08. The number of nitrogens with zero attached hydrogens (tertiary/aromatic N) is 2. The van der Waals surface area contributed by atoms with Gasteiger partial charge in [0.1, 0.15) is 0 Å². The predicted molar refractivity (Wildman–Crippen MR) is 71.4 cm³/mol. The summed E-state index contributed by atoms with van der Waals surface area (Å²) < 4.78 is 14.2. The molecule has 1 aromatic carbocycles. The Kier molecular flexibility index (Phi) is 3.66. The van der Waals surface area contributed by atoms with Gasteiger partial charge in [-0.2, -0.15) is 0 Å². The van der Waals surface area contributed by atoms with Crippen LogP contribution in [-0.2, 0) is 4.79 Å². The van der Waals surface area contributed by atoms with Crippen LogP contribution in [0.1, 0.15) is 6.42 Å². The van der Waals surface area contributed by atoms with Crippen LogP contribution in [0.5, 0.6) is 0 Å². The molecule has 1 aromatic rings. The summed E-state index contributed by atoms with van der Waals surface area (Å²) in [5.41, 5.74) is -0.319. The lowest BCUT2D eigenvalue weighted by atomic mass is 10.1. The molecule has 0 bridgehead atoms. The van der Waals surface area contributed by atoms with Gasteiger partial charge < -0.3 is 4.90 Å². The van der Waals surface area contributed by atoms with Crippen molar-refractivity contribution in [3.63, 3.8) is 0 Å². The van der Waals surface area contributed by atoms with Gasteiger partial charge in [0.25, 0.3) is 5.69 Å². The first kappa shape index (κ1) is 13.7. The third-order valence-electron chi connectivity index (χ3n) is 2.97. The molecule has 1 amide bonds. The number of nitro benzene ring substituents is 1. The summed E-state index contributed by atoms with van der Waals surface area (Å²) in [6, 6.07) is 2.00. The van der Waals surface area contributed by atoms with Crippen LogP contribution in [0, 0.1) is 21.8 Å². The molecule has 1 atom stereocenters. The van der Waals surface area contributed by atoms with Gasteiger partial charge in [-0.25, -0.2) is 4.39 Å². The smallest absolute Gasteiger partial charge is 0.273 e. The van der Waals surface area contributed by atoms with Crippen molar-refractivity contribution in [2.75, 3.05) is 11.4 Å². The summed E-state index contributed by atoms with van der Waals surface area (Å²) in [6.45, 7) is 3.94. The Morgan fingerprint density at radius 2 is 2.26 bits per heavy atom. The van der Waals surface area contributed by atoms with Gasteiger partial charge in [0.15, 0.2) is 5.82 Å². The van der Waals surface area contributed by atoms with E-state index in [-0.39, 0.29) is 34.1 Å². The van der Waals surface area contributed by atoms with Crippen LogP contribution in [0.3, 0.4) is 0 Å². The van der Waals surface area contributed by atoms with Gasteiger partial charge in [0.2, 0.25) is 5.91 Å². The van der Waals surface area contributed by atoms with Crippen LogP contribution in [0.25, 0.3) is 0 Å². The lowest BCUT2D eigenvalue weighted by Crippen LogP contribution is -2.26. The molecule has 0 radical (unpaired) electrons. The van der Waals surface area contributed by atoms with Crippen LogP contribution in [0.15, 0.2) is 29.3 Å². The Labute approximate surface area is 117 Å². The van der Waals surface area contributed by atoms with Crippen molar-refractivity contribution < 1.29 is 14.1 Å². The highest BCUT2D eigenvalue weighted by molar-refractivity contribution is 9.10. The molecule has 0 aromatic heterocycles. The summed E-state index contributed by atoms with van der Waals surface area (Å²) in [4.78, 5) is 23.1. The van der Waals surface area contributed by atoms with E-state index in [0.717, 1.165) is 6.07 Å². The van der Waals surface area contributed by atoms with Gasteiger partial charge >= 0.3 is 0 Å². The molecular formula is C12H10BrFN2O3. The number of nitro groups is 1. The molecule has 1 heterocycles. The first-order valence-corrected chi connectivity index (χ1v) is 6.29. The Balaban J connectivity index is 2.43. The van der Waals surface area contributed by atoms with Crippen LogP contribution in [0.2, 0.25) is 0 Å². The van der Waals surface area contributed by atoms with Crippen molar-refractivity contribution in [1.29, 1.82) is 0 Å². The van der Waals surface area contributed by atoms with Crippen molar-refractivity contribution in [2.45, 2.75) is 6.42 Å². The maximum absolute atomic E-state index is 14.0. The first-order valence-electron chi connectivity index (χ1n) is 5.50. The fraction of sp³-hybridized carbons (Fsp3) is 0.250. The lowest BCUT2D eigenvalue weighted by molar-refractivity contribution is -0.385. The van der Waals surface area contributed by atoms with Crippen LogP contribution >= 0.6 is 15.9 Å². The van der Waals surface area contributed by atoms with E-state index in [1.54, 1.807) is 6.08 Å². The number of rotatable bonds is 3. The van der Waals surface area contributed by atoms with E-state index in [1.165, 1.54) is 11.0 Å². The van der Waals surface area contributed by atoms with Crippen molar-refractivity contribution in [2.24, 2.45) is 5.92 Å².